The number of hydrogen-bond acceptors (Lipinski definition) is 3. The Morgan fingerprint density at radius 3 is 2.71 bits per heavy atom. The third-order valence-electron chi connectivity index (χ3n) is 2.59. The molecule has 2 rings (SSSR count). The van der Waals surface area contributed by atoms with E-state index in [1.807, 2.05) is 13.8 Å². The fourth-order valence-corrected chi connectivity index (χ4v) is 1.87. The van der Waals surface area contributed by atoms with Gasteiger partial charge < -0.3 is 10.1 Å². The van der Waals surface area contributed by atoms with Crippen molar-refractivity contribution in [3.8, 4) is 0 Å². The van der Waals surface area contributed by atoms with Crippen molar-refractivity contribution in [2.45, 2.75) is 26.8 Å². The van der Waals surface area contributed by atoms with Crippen LogP contribution in [0.1, 0.15) is 35.9 Å². The number of rotatable bonds is 2. The van der Waals surface area contributed by atoms with Crippen molar-refractivity contribution >= 4 is 17.0 Å². The molecule has 0 radical (unpaired) electrons. The van der Waals surface area contributed by atoms with Crippen LogP contribution < -0.4 is 5.56 Å². The number of H-pyrrole nitrogens is 1. The molecule has 2 heterocycles. The lowest BCUT2D eigenvalue weighted by molar-refractivity contribution is 0.0691. The molecule has 0 amide bonds. The standard InChI is InChI=1S/C11H13N3O3/c1-5(2)14-10-8(9(13-14)11(16)17)6(3)4-7(15)12-10/h4-5H,1-3H3,(H,12,15)(H,16,17). The second kappa shape index (κ2) is 3.73. The van der Waals surface area contributed by atoms with Gasteiger partial charge in [0, 0.05) is 12.1 Å². The highest BCUT2D eigenvalue weighted by Gasteiger charge is 2.20. The number of aromatic amines is 1. The Hall–Kier alpha value is -2.11. The van der Waals surface area contributed by atoms with Crippen LogP contribution in [0.4, 0.5) is 0 Å². The lowest BCUT2D eigenvalue weighted by atomic mass is 10.1. The van der Waals surface area contributed by atoms with Crippen molar-refractivity contribution in [3.63, 3.8) is 0 Å². The van der Waals surface area contributed by atoms with Gasteiger partial charge in [-0.05, 0) is 26.3 Å². The zero-order chi connectivity index (χ0) is 12.7. The molecule has 6 heteroatoms. The average Bonchev–Trinajstić information content (AvgIpc) is 2.56. The predicted molar refractivity (Wildman–Crippen MR) is 62.4 cm³/mol. The SMILES string of the molecule is Cc1cc(=O)[nH]c2c1c(C(=O)O)nn2C(C)C. The van der Waals surface area contributed by atoms with Crippen molar-refractivity contribution < 1.29 is 9.90 Å². The summed E-state index contributed by atoms with van der Waals surface area (Å²) < 4.78 is 1.52. The van der Waals surface area contributed by atoms with E-state index < -0.39 is 5.97 Å². The van der Waals surface area contributed by atoms with Crippen molar-refractivity contribution in [1.82, 2.24) is 14.8 Å². The van der Waals surface area contributed by atoms with Gasteiger partial charge in [-0.1, -0.05) is 0 Å². The number of carboxylic acids is 1. The van der Waals surface area contributed by atoms with Crippen LogP contribution in [0.25, 0.3) is 11.0 Å². The second-order valence-corrected chi connectivity index (χ2v) is 4.23. The molecule has 17 heavy (non-hydrogen) atoms. The summed E-state index contributed by atoms with van der Waals surface area (Å²) in [5.41, 5.74) is 0.798. The lowest BCUT2D eigenvalue weighted by Crippen LogP contribution is -2.10. The minimum Gasteiger partial charge on any atom is -0.476 e. The lowest BCUT2D eigenvalue weighted by Gasteiger charge is -2.06. The van der Waals surface area contributed by atoms with E-state index in [0.717, 1.165) is 0 Å². The number of fused-ring (bicyclic) bond motifs is 1. The van der Waals surface area contributed by atoms with Gasteiger partial charge in [-0.2, -0.15) is 5.10 Å². The summed E-state index contributed by atoms with van der Waals surface area (Å²) in [5, 5.41) is 13.6. The van der Waals surface area contributed by atoms with Gasteiger partial charge in [0.1, 0.15) is 5.65 Å². The first kappa shape index (κ1) is 11.4. The molecule has 2 N–H and O–H groups in total. The Labute approximate surface area is 96.9 Å². The van der Waals surface area contributed by atoms with Crippen LogP contribution in [0.5, 0.6) is 0 Å². The van der Waals surface area contributed by atoms with Crippen molar-refractivity contribution in [2.75, 3.05) is 0 Å². The first-order valence-corrected chi connectivity index (χ1v) is 5.27. The van der Waals surface area contributed by atoms with Crippen LogP contribution in [0.3, 0.4) is 0 Å². The van der Waals surface area contributed by atoms with E-state index in [2.05, 4.69) is 10.1 Å². The third kappa shape index (κ3) is 1.71. The summed E-state index contributed by atoms with van der Waals surface area (Å²) in [4.78, 5) is 25.2. The summed E-state index contributed by atoms with van der Waals surface area (Å²) in [6.07, 6.45) is 0. The smallest absolute Gasteiger partial charge is 0.357 e. The topological polar surface area (TPSA) is 88.0 Å². The number of nitrogens with zero attached hydrogens (tertiary/aromatic N) is 2. The molecule has 6 nitrogen and oxygen atoms in total. The molecular formula is C11H13N3O3. The Bertz CT molecular complexity index is 652. The van der Waals surface area contributed by atoms with Gasteiger partial charge in [-0.15, -0.1) is 0 Å². The van der Waals surface area contributed by atoms with E-state index in [-0.39, 0.29) is 17.3 Å². The zero-order valence-corrected chi connectivity index (χ0v) is 9.81. The van der Waals surface area contributed by atoms with E-state index >= 15 is 0 Å². The van der Waals surface area contributed by atoms with E-state index in [1.165, 1.54) is 10.7 Å². The van der Waals surface area contributed by atoms with Crippen LogP contribution in [-0.4, -0.2) is 25.8 Å². The molecule has 0 aliphatic rings. The van der Waals surface area contributed by atoms with Crippen LogP contribution >= 0.6 is 0 Å². The summed E-state index contributed by atoms with van der Waals surface area (Å²) in [7, 11) is 0. The van der Waals surface area contributed by atoms with E-state index in [9.17, 15) is 9.59 Å². The molecule has 0 unspecified atom stereocenters. The Morgan fingerprint density at radius 2 is 2.18 bits per heavy atom. The van der Waals surface area contributed by atoms with Gasteiger partial charge in [0.2, 0.25) is 5.56 Å². The third-order valence-corrected chi connectivity index (χ3v) is 2.59. The maximum Gasteiger partial charge on any atom is 0.357 e. The molecule has 0 spiro atoms. The van der Waals surface area contributed by atoms with Gasteiger partial charge in [-0.3, -0.25) is 4.79 Å². The van der Waals surface area contributed by atoms with Crippen LogP contribution in [0.2, 0.25) is 0 Å². The quantitative estimate of drug-likeness (QED) is 0.821. The van der Waals surface area contributed by atoms with Gasteiger partial charge >= 0.3 is 5.97 Å². The van der Waals surface area contributed by atoms with Gasteiger partial charge in [0.25, 0.3) is 0 Å². The highest BCUT2D eigenvalue weighted by Crippen LogP contribution is 2.21. The normalized spacial score (nSPS) is 11.3. The summed E-state index contributed by atoms with van der Waals surface area (Å²) >= 11 is 0. The van der Waals surface area contributed by atoms with Crippen LogP contribution in [-0.2, 0) is 0 Å². The highest BCUT2D eigenvalue weighted by molar-refractivity contribution is 6.01. The molecule has 90 valence electrons. The summed E-state index contributed by atoms with van der Waals surface area (Å²) in [6.45, 7) is 5.45. The molecule has 0 aliphatic heterocycles. The van der Waals surface area contributed by atoms with E-state index in [1.54, 1.807) is 6.92 Å². The zero-order valence-electron chi connectivity index (χ0n) is 9.81. The minimum atomic E-state index is -1.09. The van der Waals surface area contributed by atoms with Gasteiger partial charge in [-0.25, -0.2) is 9.48 Å². The Kier molecular flexibility index (Phi) is 2.49. The largest absolute Gasteiger partial charge is 0.476 e. The highest BCUT2D eigenvalue weighted by atomic mass is 16.4. The number of carbonyl (C=O) groups is 1. The number of aromatic carboxylic acids is 1. The first-order valence-electron chi connectivity index (χ1n) is 5.27. The van der Waals surface area contributed by atoms with Crippen molar-refractivity contribution in [3.05, 3.63) is 27.7 Å². The fraction of sp³-hybridized carbons (Fsp3) is 0.364. The Morgan fingerprint density at radius 1 is 1.53 bits per heavy atom. The molecule has 0 saturated carbocycles. The minimum absolute atomic E-state index is 0.0250. The van der Waals surface area contributed by atoms with E-state index in [4.69, 9.17) is 5.11 Å². The Balaban J connectivity index is 2.96. The number of hydrogen-bond donors (Lipinski definition) is 2. The molecule has 2 aromatic heterocycles. The molecule has 2 aromatic rings. The van der Waals surface area contributed by atoms with Crippen molar-refractivity contribution in [1.29, 1.82) is 0 Å². The maximum atomic E-state index is 11.4. The van der Waals surface area contributed by atoms with Crippen LogP contribution in [0.15, 0.2) is 10.9 Å². The second-order valence-electron chi connectivity index (χ2n) is 4.23. The maximum absolute atomic E-state index is 11.4. The number of carboxylic acid groups (broad SMARTS) is 1. The summed E-state index contributed by atoms with van der Waals surface area (Å²) in [6, 6.07) is 1.35. The molecule has 0 saturated heterocycles. The first-order chi connectivity index (χ1) is 7.91. The number of aromatic nitrogens is 3. The predicted octanol–water partition coefficient (Wildman–Crippen LogP) is 1.31. The number of nitrogens with one attached hydrogen (secondary N) is 1. The monoisotopic (exact) mass is 235 g/mol. The fourth-order valence-electron chi connectivity index (χ4n) is 1.87. The van der Waals surface area contributed by atoms with E-state index in [0.29, 0.717) is 16.6 Å². The number of aryl methyl sites for hydroxylation is 1. The van der Waals surface area contributed by atoms with Crippen LogP contribution in [0, 0.1) is 6.92 Å². The molecule has 0 aliphatic carbocycles. The van der Waals surface area contributed by atoms with Crippen molar-refractivity contribution in [2.24, 2.45) is 0 Å². The number of pyridine rings is 1. The summed E-state index contributed by atoms with van der Waals surface area (Å²) in [5.74, 6) is -1.09. The van der Waals surface area contributed by atoms with Gasteiger partial charge in [0.05, 0.1) is 5.39 Å². The average molecular weight is 235 g/mol. The molecule has 0 bridgehead atoms. The van der Waals surface area contributed by atoms with Gasteiger partial charge in [0.15, 0.2) is 5.69 Å². The molecular weight excluding hydrogens is 222 g/mol. The molecule has 0 fully saturated rings. The molecule has 0 atom stereocenters. The molecule has 0 aromatic carbocycles.